The van der Waals surface area contributed by atoms with Crippen LogP contribution in [0.25, 0.3) is 27.1 Å². The highest BCUT2D eigenvalue weighted by Gasteiger charge is 2.49. The molecule has 7 aromatic carbocycles. The van der Waals surface area contributed by atoms with Crippen molar-refractivity contribution in [2.24, 2.45) is 0 Å². The lowest BCUT2D eigenvalue weighted by molar-refractivity contribution is 1.29. The molecule has 0 fully saturated rings. The van der Waals surface area contributed by atoms with Crippen LogP contribution in [-0.2, 0) is 0 Å². The average Bonchev–Trinajstić information content (AvgIpc) is 3.17. The van der Waals surface area contributed by atoms with Gasteiger partial charge in [-0.1, -0.05) is 152 Å². The van der Waals surface area contributed by atoms with Crippen molar-refractivity contribution in [3.63, 3.8) is 0 Å². The maximum atomic E-state index is 9.57. The maximum absolute atomic E-state index is 9.57. The molecule has 48 heavy (non-hydrogen) atoms. The third kappa shape index (κ3) is 4.55. The van der Waals surface area contributed by atoms with E-state index in [4.69, 9.17) is 6.57 Å². The summed E-state index contributed by atoms with van der Waals surface area (Å²) in [5.41, 5.74) is 8.77. The van der Waals surface area contributed by atoms with Gasteiger partial charge >= 0.3 is 0 Å². The zero-order valence-electron chi connectivity index (χ0n) is 26.1. The Morgan fingerprint density at radius 3 is 1.44 bits per heavy atom. The molecule has 0 radical (unpaired) electrons. The topological polar surface area (TPSA) is 31.4 Å². The predicted molar refractivity (Wildman–Crippen MR) is 200 cm³/mol. The van der Waals surface area contributed by atoms with Crippen LogP contribution in [0.1, 0.15) is 5.56 Å². The van der Waals surface area contributed by atoms with Crippen molar-refractivity contribution in [2.45, 2.75) is 0 Å². The van der Waals surface area contributed by atoms with Gasteiger partial charge in [-0.2, -0.15) is 5.26 Å². The molecule has 0 spiro atoms. The predicted octanol–water partition coefficient (Wildman–Crippen LogP) is 8.60. The Hall–Kier alpha value is -6.46. The van der Waals surface area contributed by atoms with Crippen molar-refractivity contribution < 1.29 is 0 Å². The molecular weight excluding hydrogens is 599 g/mol. The van der Waals surface area contributed by atoms with Gasteiger partial charge in [0.2, 0.25) is 0 Å². The first-order valence-electron chi connectivity index (χ1n) is 16.0. The first-order chi connectivity index (χ1) is 23.7. The summed E-state index contributed by atoms with van der Waals surface area (Å²) in [6, 6.07) is 64.3. The maximum Gasteiger partial charge on any atom is 0.187 e. The Morgan fingerprint density at radius 1 is 0.500 bits per heavy atom. The molecule has 0 atom stereocenters. The molecule has 4 heteroatoms. The number of anilines is 3. The fourth-order valence-corrected chi connectivity index (χ4v) is 12.4. The van der Waals surface area contributed by atoms with Crippen LogP contribution in [-0.4, -0.2) is 8.07 Å². The van der Waals surface area contributed by atoms with Gasteiger partial charge in [-0.25, -0.2) is 4.85 Å². The zero-order chi connectivity index (χ0) is 32.5. The molecule has 0 saturated heterocycles. The van der Waals surface area contributed by atoms with Crippen molar-refractivity contribution >= 4 is 51.6 Å². The lowest BCUT2D eigenvalue weighted by Crippen LogP contribution is -2.77. The number of hydrogen-bond donors (Lipinski definition) is 0. The molecule has 1 aliphatic rings. The first kappa shape index (κ1) is 29.0. The fourth-order valence-electron chi connectivity index (χ4n) is 7.34. The molecule has 8 rings (SSSR count). The van der Waals surface area contributed by atoms with Crippen LogP contribution in [0.3, 0.4) is 0 Å². The van der Waals surface area contributed by atoms with Gasteiger partial charge in [0, 0.05) is 22.5 Å². The molecule has 224 valence electrons. The second-order valence-electron chi connectivity index (χ2n) is 11.9. The van der Waals surface area contributed by atoms with E-state index in [1.54, 1.807) is 0 Å². The van der Waals surface area contributed by atoms with E-state index in [1.165, 1.54) is 20.7 Å². The lowest BCUT2D eigenvalue weighted by atomic mass is 9.93. The van der Waals surface area contributed by atoms with E-state index in [0.29, 0.717) is 11.3 Å². The number of rotatable bonds is 5. The molecule has 0 aliphatic carbocycles. The monoisotopic (exact) mass is 627 g/mol. The highest BCUT2D eigenvalue weighted by Crippen LogP contribution is 2.48. The number of nitriles is 1. The quantitative estimate of drug-likeness (QED) is 0.141. The molecular formula is C44H29N3Si. The summed E-state index contributed by atoms with van der Waals surface area (Å²) >= 11 is 0. The van der Waals surface area contributed by atoms with Crippen molar-refractivity contribution in [3.05, 3.63) is 193 Å². The smallest absolute Gasteiger partial charge is 0.187 e. The molecule has 1 aliphatic heterocycles. The molecule has 0 aromatic heterocycles. The Kier molecular flexibility index (Phi) is 7.27. The van der Waals surface area contributed by atoms with Crippen LogP contribution >= 0.6 is 0 Å². The van der Waals surface area contributed by atoms with Crippen LogP contribution in [0.4, 0.5) is 22.7 Å². The Balaban J connectivity index is 1.49. The molecule has 0 saturated carbocycles. The van der Waals surface area contributed by atoms with Crippen LogP contribution in [0.2, 0.25) is 0 Å². The second kappa shape index (κ2) is 12.0. The zero-order valence-corrected chi connectivity index (χ0v) is 27.1. The standard InChI is InChI=1S/C44H29N3Si/c1-46-35-29-27-34(28-30-35)39-18-12-17-38(33-25-23-32(31-45)24-26-33)44(39)47-40-19-8-10-21-42(40)48(36-13-4-2-5-14-36,37-15-6-3-7-16-37)43-22-11-9-20-41(43)47/h2-30H. The summed E-state index contributed by atoms with van der Waals surface area (Å²) in [5, 5.41) is 14.9. The van der Waals surface area contributed by atoms with Crippen molar-refractivity contribution in [3.8, 4) is 28.3 Å². The highest BCUT2D eigenvalue weighted by molar-refractivity contribution is 7.21. The number of fused-ring (bicyclic) bond motifs is 2. The SMILES string of the molecule is [C-]#[N+]c1ccc(-c2cccc(-c3ccc(C#N)cc3)c2N2c3ccccc3[Si](c3ccccc3)(c3ccccc3)c3ccccc32)cc1. The summed E-state index contributed by atoms with van der Waals surface area (Å²) in [6.45, 7) is 7.54. The minimum absolute atomic E-state index is 0.610. The van der Waals surface area contributed by atoms with E-state index in [2.05, 4.69) is 143 Å². The summed E-state index contributed by atoms with van der Waals surface area (Å²) in [6.07, 6.45) is 0. The van der Waals surface area contributed by atoms with Crippen LogP contribution in [0, 0.1) is 17.9 Å². The molecule has 0 unspecified atom stereocenters. The van der Waals surface area contributed by atoms with Crippen molar-refractivity contribution in [2.75, 3.05) is 4.90 Å². The number of para-hydroxylation sites is 3. The molecule has 7 aromatic rings. The third-order valence-corrected chi connectivity index (χ3v) is 14.3. The van der Waals surface area contributed by atoms with Gasteiger partial charge in [-0.05, 0) is 56.1 Å². The third-order valence-electron chi connectivity index (χ3n) is 9.40. The van der Waals surface area contributed by atoms with E-state index in [0.717, 1.165) is 39.3 Å². The fraction of sp³-hybridized carbons (Fsp3) is 0. The van der Waals surface area contributed by atoms with Crippen molar-refractivity contribution in [1.29, 1.82) is 5.26 Å². The molecule has 1 heterocycles. The van der Waals surface area contributed by atoms with Gasteiger partial charge < -0.3 is 4.90 Å². The average molecular weight is 628 g/mol. The largest absolute Gasteiger partial charge is 0.309 e. The summed E-state index contributed by atoms with van der Waals surface area (Å²) < 4.78 is 0. The minimum Gasteiger partial charge on any atom is -0.309 e. The Labute approximate surface area is 282 Å². The van der Waals surface area contributed by atoms with Gasteiger partial charge in [-0.15, -0.1) is 0 Å². The van der Waals surface area contributed by atoms with E-state index >= 15 is 0 Å². The minimum atomic E-state index is -2.78. The van der Waals surface area contributed by atoms with Crippen LogP contribution in [0.15, 0.2) is 176 Å². The van der Waals surface area contributed by atoms with E-state index in [-0.39, 0.29) is 0 Å². The summed E-state index contributed by atoms with van der Waals surface area (Å²) in [4.78, 5) is 6.10. The Bertz CT molecular complexity index is 2190. The normalized spacial score (nSPS) is 12.7. The van der Waals surface area contributed by atoms with Gasteiger partial charge in [0.1, 0.15) is 0 Å². The van der Waals surface area contributed by atoms with E-state index in [9.17, 15) is 5.26 Å². The van der Waals surface area contributed by atoms with Crippen molar-refractivity contribution in [1.82, 2.24) is 0 Å². The summed E-state index contributed by atoms with van der Waals surface area (Å²) in [5.74, 6) is 0. The molecule has 3 nitrogen and oxygen atoms in total. The second-order valence-corrected chi connectivity index (χ2v) is 15.6. The van der Waals surface area contributed by atoms with Crippen LogP contribution < -0.4 is 25.6 Å². The van der Waals surface area contributed by atoms with Gasteiger partial charge in [0.15, 0.2) is 13.8 Å². The Morgan fingerprint density at radius 2 is 0.958 bits per heavy atom. The number of benzene rings is 7. The highest BCUT2D eigenvalue weighted by atomic mass is 28.3. The molecule has 0 amide bonds. The summed E-state index contributed by atoms with van der Waals surface area (Å²) in [7, 11) is -2.78. The van der Waals surface area contributed by atoms with Crippen LogP contribution in [0.5, 0.6) is 0 Å². The lowest BCUT2D eigenvalue weighted by Gasteiger charge is -2.45. The van der Waals surface area contributed by atoms with Gasteiger partial charge in [0.25, 0.3) is 0 Å². The number of hydrogen-bond acceptors (Lipinski definition) is 2. The molecule has 0 bridgehead atoms. The van der Waals surface area contributed by atoms with E-state index in [1.807, 2.05) is 48.5 Å². The van der Waals surface area contributed by atoms with Gasteiger partial charge in [-0.3, -0.25) is 0 Å². The van der Waals surface area contributed by atoms with Gasteiger partial charge in [0.05, 0.1) is 23.9 Å². The van der Waals surface area contributed by atoms with E-state index < -0.39 is 8.07 Å². The first-order valence-corrected chi connectivity index (χ1v) is 18.0. The number of nitrogens with zero attached hydrogens (tertiary/aromatic N) is 3. The molecule has 0 N–H and O–H groups in total.